The van der Waals surface area contributed by atoms with E-state index in [0.29, 0.717) is 35.6 Å². The minimum absolute atomic E-state index is 0.109. The average molecular weight is 443 g/mol. The Balaban J connectivity index is 1.31. The molecule has 0 saturated carbocycles. The molecule has 6 nitrogen and oxygen atoms in total. The molecule has 0 fully saturated rings. The van der Waals surface area contributed by atoms with Crippen LogP contribution >= 0.6 is 0 Å². The number of aromatic nitrogens is 2. The summed E-state index contributed by atoms with van der Waals surface area (Å²) in [6.45, 7) is 1.62. The number of benzene rings is 2. The van der Waals surface area contributed by atoms with Crippen molar-refractivity contribution in [2.45, 2.75) is 19.6 Å². The molecule has 2 aromatic heterocycles. The van der Waals surface area contributed by atoms with Crippen LogP contribution in [0.2, 0.25) is 0 Å². The van der Waals surface area contributed by atoms with Gasteiger partial charge in [-0.2, -0.15) is 0 Å². The van der Waals surface area contributed by atoms with E-state index in [4.69, 9.17) is 13.9 Å². The molecular formula is C23H20F3N3O3. The lowest BCUT2D eigenvalue weighted by Gasteiger charge is -2.07. The number of hydrogen-bond donors (Lipinski definition) is 1. The van der Waals surface area contributed by atoms with Crippen LogP contribution in [-0.4, -0.2) is 23.1 Å². The van der Waals surface area contributed by atoms with Gasteiger partial charge in [-0.25, -0.2) is 18.2 Å². The number of halogens is 3. The maximum absolute atomic E-state index is 13.7. The van der Waals surface area contributed by atoms with Gasteiger partial charge in [-0.15, -0.1) is 0 Å². The van der Waals surface area contributed by atoms with Crippen molar-refractivity contribution in [2.75, 3.05) is 13.2 Å². The Morgan fingerprint density at radius 3 is 2.62 bits per heavy atom. The van der Waals surface area contributed by atoms with Crippen molar-refractivity contribution in [3.63, 3.8) is 0 Å². The lowest BCUT2D eigenvalue weighted by atomic mass is 10.3. The van der Waals surface area contributed by atoms with Crippen LogP contribution in [0.5, 0.6) is 11.5 Å². The van der Waals surface area contributed by atoms with Crippen LogP contribution in [0.4, 0.5) is 13.2 Å². The first kappa shape index (κ1) is 21.6. The zero-order chi connectivity index (χ0) is 22.3. The summed E-state index contributed by atoms with van der Waals surface area (Å²) in [5.74, 6) is -3.35. The molecule has 0 radical (unpaired) electrons. The quantitative estimate of drug-likeness (QED) is 0.356. The fraction of sp³-hybridized carbons (Fsp3) is 0.217. The van der Waals surface area contributed by atoms with Crippen molar-refractivity contribution in [1.29, 1.82) is 0 Å². The van der Waals surface area contributed by atoms with Crippen molar-refractivity contribution in [1.82, 2.24) is 15.3 Å². The zero-order valence-corrected chi connectivity index (χ0v) is 17.0. The second-order valence-electron chi connectivity index (χ2n) is 6.94. The number of para-hydroxylation sites is 1. The Hall–Kier alpha value is -3.59. The van der Waals surface area contributed by atoms with E-state index in [9.17, 15) is 13.2 Å². The van der Waals surface area contributed by atoms with Crippen LogP contribution in [-0.2, 0) is 13.2 Å². The molecule has 166 valence electrons. The molecule has 2 heterocycles. The highest BCUT2D eigenvalue weighted by Crippen LogP contribution is 2.28. The molecule has 0 aliphatic heterocycles. The van der Waals surface area contributed by atoms with E-state index in [2.05, 4.69) is 15.3 Å². The number of pyridine rings is 1. The van der Waals surface area contributed by atoms with Gasteiger partial charge in [-0.1, -0.05) is 12.1 Å². The second kappa shape index (κ2) is 10.1. The third-order valence-corrected chi connectivity index (χ3v) is 4.54. The number of rotatable bonds is 10. The number of nitrogens with zero attached hydrogens (tertiary/aromatic N) is 2. The average Bonchev–Trinajstić information content (AvgIpc) is 3.20. The van der Waals surface area contributed by atoms with E-state index in [1.165, 1.54) is 0 Å². The molecule has 32 heavy (non-hydrogen) atoms. The van der Waals surface area contributed by atoms with E-state index >= 15 is 0 Å². The molecule has 0 spiro atoms. The van der Waals surface area contributed by atoms with Crippen molar-refractivity contribution >= 4 is 11.1 Å². The smallest absolute Gasteiger partial charge is 0.233 e. The van der Waals surface area contributed by atoms with Gasteiger partial charge in [0, 0.05) is 31.1 Å². The highest BCUT2D eigenvalue weighted by atomic mass is 19.1. The number of nitrogens with one attached hydrogen (secondary N) is 1. The van der Waals surface area contributed by atoms with Crippen molar-refractivity contribution in [2.24, 2.45) is 0 Å². The summed E-state index contributed by atoms with van der Waals surface area (Å²) in [5.41, 5.74) is 2.04. The SMILES string of the molecule is Fc1cc(F)c(OCc2nc3c(OCCCNCc4cccnc4)cccc3o2)c(F)c1. The summed E-state index contributed by atoms with van der Waals surface area (Å²) in [7, 11) is 0. The van der Waals surface area contributed by atoms with Crippen LogP contribution in [0.3, 0.4) is 0 Å². The van der Waals surface area contributed by atoms with E-state index in [-0.39, 0.29) is 12.5 Å². The van der Waals surface area contributed by atoms with Crippen LogP contribution < -0.4 is 14.8 Å². The predicted octanol–water partition coefficient (Wildman–Crippen LogP) is 4.78. The minimum atomic E-state index is -1.14. The van der Waals surface area contributed by atoms with E-state index < -0.39 is 23.2 Å². The molecule has 2 aromatic carbocycles. The van der Waals surface area contributed by atoms with Gasteiger partial charge in [0.25, 0.3) is 0 Å². The van der Waals surface area contributed by atoms with E-state index in [0.717, 1.165) is 25.1 Å². The Morgan fingerprint density at radius 1 is 1.00 bits per heavy atom. The second-order valence-corrected chi connectivity index (χ2v) is 6.94. The normalized spacial score (nSPS) is 11.1. The first-order chi connectivity index (χ1) is 15.6. The van der Waals surface area contributed by atoms with Crippen LogP contribution in [0.25, 0.3) is 11.1 Å². The maximum atomic E-state index is 13.7. The fourth-order valence-electron chi connectivity index (χ4n) is 3.06. The standard InChI is InChI=1S/C23H20F3N3O3/c24-16-10-17(25)23(18(26)11-16)31-14-21-29-22-19(5-1-6-20(22)32-21)30-9-3-8-28-13-15-4-2-7-27-12-15/h1-2,4-7,10-12,28H,3,8-9,13-14H2. The molecule has 1 N–H and O–H groups in total. The molecule has 0 unspecified atom stereocenters. The Morgan fingerprint density at radius 2 is 1.84 bits per heavy atom. The van der Waals surface area contributed by atoms with E-state index in [1.54, 1.807) is 24.4 Å². The summed E-state index contributed by atoms with van der Waals surface area (Å²) in [4.78, 5) is 8.37. The molecule has 0 aliphatic carbocycles. The van der Waals surface area contributed by atoms with Gasteiger partial charge in [0.15, 0.2) is 35.1 Å². The molecule has 0 saturated heterocycles. The summed E-state index contributed by atoms with van der Waals surface area (Å²) in [6, 6.07) is 10.2. The Kier molecular flexibility index (Phi) is 6.86. The van der Waals surface area contributed by atoms with E-state index in [1.807, 2.05) is 18.3 Å². The van der Waals surface area contributed by atoms with Gasteiger partial charge in [0.05, 0.1) is 6.61 Å². The van der Waals surface area contributed by atoms with Gasteiger partial charge in [-0.3, -0.25) is 4.98 Å². The van der Waals surface area contributed by atoms with Gasteiger partial charge < -0.3 is 19.2 Å². The van der Waals surface area contributed by atoms with Gasteiger partial charge >= 0.3 is 0 Å². The predicted molar refractivity (Wildman–Crippen MR) is 111 cm³/mol. The third kappa shape index (κ3) is 5.36. The summed E-state index contributed by atoms with van der Waals surface area (Å²) >= 11 is 0. The zero-order valence-electron chi connectivity index (χ0n) is 17.0. The highest BCUT2D eigenvalue weighted by Gasteiger charge is 2.16. The maximum Gasteiger partial charge on any atom is 0.233 e. The summed E-state index contributed by atoms with van der Waals surface area (Å²) < 4.78 is 57.0. The van der Waals surface area contributed by atoms with Crippen molar-refractivity contribution in [3.8, 4) is 11.5 Å². The molecule has 4 aromatic rings. The van der Waals surface area contributed by atoms with Crippen LogP contribution in [0.15, 0.2) is 59.3 Å². The largest absolute Gasteiger partial charge is 0.491 e. The van der Waals surface area contributed by atoms with Crippen LogP contribution in [0.1, 0.15) is 17.9 Å². The molecular weight excluding hydrogens is 423 g/mol. The number of oxazole rings is 1. The van der Waals surface area contributed by atoms with Gasteiger partial charge in [0.2, 0.25) is 5.89 Å². The first-order valence-corrected chi connectivity index (χ1v) is 9.98. The summed E-state index contributed by atoms with van der Waals surface area (Å²) in [5, 5.41) is 3.32. The molecule has 0 amide bonds. The topological polar surface area (TPSA) is 69.4 Å². The number of hydrogen-bond acceptors (Lipinski definition) is 6. The van der Waals surface area contributed by atoms with Crippen molar-refractivity contribution in [3.05, 3.63) is 83.8 Å². The highest BCUT2D eigenvalue weighted by molar-refractivity contribution is 5.79. The summed E-state index contributed by atoms with van der Waals surface area (Å²) in [6.07, 6.45) is 4.32. The third-order valence-electron chi connectivity index (χ3n) is 4.54. The fourth-order valence-corrected chi connectivity index (χ4v) is 3.06. The van der Waals surface area contributed by atoms with Gasteiger partial charge in [-0.05, 0) is 36.7 Å². The Labute approximate surface area is 182 Å². The van der Waals surface area contributed by atoms with Crippen LogP contribution in [0, 0.1) is 17.5 Å². The lowest BCUT2D eigenvalue weighted by molar-refractivity contribution is 0.242. The monoisotopic (exact) mass is 443 g/mol. The lowest BCUT2D eigenvalue weighted by Crippen LogP contribution is -2.17. The number of fused-ring (bicyclic) bond motifs is 1. The molecule has 9 heteroatoms. The molecule has 0 aliphatic rings. The van der Waals surface area contributed by atoms with Crippen molar-refractivity contribution < 1.29 is 27.1 Å². The molecule has 0 bridgehead atoms. The molecule has 0 atom stereocenters. The number of ether oxygens (including phenoxy) is 2. The minimum Gasteiger partial charge on any atom is -0.491 e. The Bertz CT molecular complexity index is 1160. The molecule has 4 rings (SSSR count). The van der Waals surface area contributed by atoms with Gasteiger partial charge in [0.1, 0.15) is 11.6 Å². The first-order valence-electron chi connectivity index (χ1n) is 9.98.